The van der Waals surface area contributed by atoms with Crippen LogP contribution in [0.3, 0.4) is 0 Å². The van der Waals surface area contributed by atoms with Gasteiger partial charge < -0.3 is 15.7 Å². The SMILES string of the molecule is CCNC(=O)Nc1ccc(CCC(=O)O)cc1. The van der Waals surface area contributed by atoms with Crippen LogP contribution in [0.1, 0.15) is 18.9 Å². The van der Waals surface area contributed by atoms with Gasteiger partial charge in [0, 0.05) is 18.7 Å². The van der Waals surface area contributed by atoms with Crippen LogP contribution in [0.4, 0.5) is 10.5 Å². The molecule has 5 heteroatoms. The van der Waals surface area contributed by atoms with Crippen molar-refractivity contribution in [3.05, 3.63) is 29.8 Å². The number of hydrogen-bond donors (Lipinski definition) is 3. The Morgan fingerprint density at radius 2 is 1.88 bits per heavy atom. The number of amides is 2. The zero-order chi connectivity index (χ0) is 12.7. The van der Waals surface area contributed by atoms with E-state index >= 15 is 0 Å². The number of carbonyl (C=O) groups is 2. The van der Waals surface area contributed by atoms with Crippen molar-refractivity contribution in [1.29, 1.82) is 0 Å². The van der Waals surface area contributed by atoms with E-state index in [0.717, 1.165) is 5.56 Å². The van der Waals surface area contributed by atoms with Crippen LogP contribution in [0.25, 0.3) is 0 Å². The van der Waals surface area contributed by atoms with Crippen molar-refractivity contribution in [1.82, 2.24) is 5.32 Å². The molecule has 17 heavy (non-hydrogen) atoms. The maximum absolute atomic E-state index is 11.2. The van der Waals surface area contributed by atoms with Gasteiger partial charge in [0.15, 0.2) is 0 Å². The van der Waals surface area contributed by atoms with Crippen LogP contribution in [-0.2, 0) is 11.2 Å². The molecule has 0 saturated carbocycles. The summed E-state index contributed by atoms with van der Waals surface area (Å²) in [7, 11) is 0. The largest absolute Gasteiger partial charge is 0.481 e. The highest BCUT2D eigenvalue weighted by molar-refractivity contribution is 5.89. The van der Waals surface area contributed by atoms with E-state index in [-0.39, 0.29) is 12.5 Å². The minimum Gasteiger partial charge on any atom is -0.481 e. The van der Waals surface area contributed by atoms with Gasteiger partial charge in [0.05, 0.1) is 0 Å². The number of anilines is 1. The molecule has 0 saturated heterocycles. The summed E-state index contributed by atoms with van der Waals surface area (Å²) in [5.74, 6) is -0.811. The minimum atomic E-state index is -0.811. The fourth-order valence-corrected chi connectivity index (χ4v) is 1.34. The molecule has 0 aromatic heterocycles. The van der Waals surface area contributed by atoms with Gasteiger partial charge in [-0.25, -0.2) is 4.79 Å². The molecule has 0 heterocycles. The Morgan fingerprint density at radius 1 is 1.24 bits per heavy atom. The second-order valence-electron chi connectivity index (χ2n) is 3.58. The van der Waals surface area contributed by atoms with E-state index in [1.807, 2.05) is 19.1 Å². The summed E-state index contributed by atoms with van der Waals surface area (Å²) in [6.07, 6.45) is 0.611. The van der Waals surface area contributed by atoms with Gasteiger partial charge in [0.2, 0.25) is 0 Å². The summed E-state index contributed by atoms with van der Waals surface area (Å²) in [6, 6.07) is 6.89. The van der Waals surface area contributed by atoms with Crippen LogP contribution < -0.4 is 10.6 Å². The minimum absolute atomic E-state index is 0.114. The first kappa shape index (κ1) is 13.0. The Morgan fingerprint density at radius 3 is 2.41 bits per heavy atom. The van der Waals surface area contributed by atoms with Crippen molar-refractivity contribution in [2.24, 2.45) is 0 Å². The number of hydrogen-bond acceptors (Lipinski definition) is 2. The van der Waals surface area contributed by atoms with Crippen LogP contribution in [-0.4, -0.2) is 23.7 Å². The highest BCUT2D eigenvalue weighted by Gasteiger charge is 2.01. The molecular formula is C12H16N2O3. The first-order valence-electron chi connectivity index (χ1n) is 5.47. The molecule has 1 rings (SSSR count). The van der Waals surface area contributed by atoms with E-state index in [2.05, 4.69) is 10.6 Å². The summed E-state index contributed by atoms with van der Waals surface area (Å²) in [6.45, 7) is 2.41. The first-order chi connectivity index (χ1) is 8.11. The molecule has 0 aliphatic rings. The second kappa shape index (κ2) is 6.52. The lowest BCUT2D eigenvalue weighted by molar-refractivity contribution is -0.136. The van der Waals surface area contributed by atoms with Crippen LogP contribution in [0.15, 0.2) is 24.3 Å². The lowest BCUT2D eigenvalue weighted by Crippen LogP contribution is -2.28. The standard InChI is InChI=1S/C12H16N2O3/c1-2-13-12(17)14-10-6-3-9(4-7-10)5-8-11(15)16/h3-4,6-7H,2,5,8H2,1H3,(H,15,16)(H2,13,14,17). The number of nitrogens with one attached hydrogen (secondary N) is 2. The molecule has 0 aliphatic heterocycles. The Balaban J connectivity index is 2.49. The van der Waals surface area contributed by atoms with Crippen molar-refractivity contribution in [3.63, 3.8) is 0 Å². The fourth-order valence-electron chi connectivity index (χ4n) is 1.34. The van der Waals surface area contributed by atoms with Crippen LogP contribution in [0, 0.1) is 0 Å². The Labute approximate surface area is 99.8 Å². The molecule has 1 aromatic rings. The molecule has 92 valence electrons. The van der Waals surface area contributed by atoms with Gasteiger partial charge >= 0.3 is 12.0 Å². The molecule has 2 amide bonds. The van der Waals surface area contributed by atoms with Gasteiger partial charge in [0.25, 0.3) is 0 Å². The average Bonchev–Trinajstić information content (AvgIpc) is 2.28. The Kier molecular flexibility index (Phi) is 5.00. The highest BCUT2D eigenvalue weighted by atomic mass is 16.4. The third kappa shape index (κ3) is 5.01. The molecule has 0 atom stereocenters. The van der Waals surface area contributed by atoms with Crippen LogP contribution in [0.2, 0.25) is 0 Å². The van der Waals surface area contributed by atoms with Crippen LogP contribution in [0.5, 0.6) is 0 Å². The molecule has 0 bridgehead atoms. The molecule has 0 radical (unpaired) electrons. The first-order valence-corrected chi connectivity index (χ1v) is 5.47. The monoisotopic (exact) mass is 236 g/mol. The predicted octanol–water partition coefficient (Wildman–Crippen LogP) is 1.85. The van der Waals surface area contributed by atoms with Gasteiger partial charge in [-0.1, -0.05) is 12.1 Å². The fraction of sp³-hybridized carbons (Fsp3) is 0.333. The topological polar surface area (TPSA) is 78.4 Å². The van der Waals surface area contributed by atoms with Crippen LogP contribution >= 0.6 is 0 Å². The molecule has 1 aromatic carbocycles. The van der Waals surface area contributed by atoms with Gasteiger partial charge in [-0.15, -0.1) is 0 Å². The summed E-state index contributed by atoms with van der Waals surface area (Å²) in [4.78, 5) is 21.6. The maximum Gasteiger partial charge on any atom is 0.319 e. The molecule has 0 unspecified atom stereocenters. The van der Waals surface area contributed by atoms with Gasteiger partial charge in [-0.2, -0.15) is 0 Å². The number of aryl methyl sites for hydroxylation is 1. The number of carboxylic acids is 1. The van der Waals surface area contributed by atoms with Gasteiger partial charge in [-0.05, 0) is 31.0 Å². The van der Waals surface area contributed by atoms with E-state index < -0.39 is 5.97 Å². The highest BCUT2D eigenvalue weighted by Crippen LogP contribution is 2.10. The number of carbonyl (C=O) groups excluding carboxylic acids is 1. The molecule has 5 nitrogen and oxygen atoms in total. The third-order valence-electron chi connectivity index (χ3n) is 2.18. The predicted molar refractivity (Wildman–Crippen MR) is 65.1 cm³/mol. The lowest BCUT2D eigenvalue weighted by Gasteiger charge is -2.06. The van der Waals surface area contributed by atoms with Crippen molar-refractivity contribution in [2.45, 2.75) is 19.8 Å². The normalized spacial score (nSPS) is 9.71. The molecule has 3 N–H and O–H groups in total. The molecule has 0 aliphatic carbocycles. The summed E-state index contributed by atoms with van der Waals surface area (Å²) < 4.78 is 0. The number of aliphatic carboxylic acids is 1. The Hall–Kier alpha value is -2.04. The third-order valence-corrected chi connectivity index (χ3v) is 2.18. The molecule has 0 spiro atoms. The van der Waals surface area contributed by atoms with Crippen molar-refractivity contribution in [2.75, 3.05) is 11.9 Å². The van der Waals surface area contributed by atoms with Gasteiger partial charge in [-0.3, -0.25) is 4.79 Å². The number of rotatable bonds is 5. The quantitative estimate of drug-likeness (QED) is 0.730. The zero-order valence-electron chi connectivity index (χ0n) is 9.69. The van der Waals surface area contributed by atoms with Gasteiger partial charge in [0.1, 0.15) is 0 Å². The van der Waals surface area contributed by atoms with E-state index in [1.54, 1.807) is 12.1 Å². The summed E-state index contributed by atoms with van der Waals surface area (Å²) in [5, 5.41) is 13.8. The average molecular weight is 236 g/mol. The van der Waals surface area contributed by atoms with E-state index in [1.165, 1.54) is 0 Å². The van der Waals surface area contributed by atoms with E-state index in [4.69, 9.17) is 5.11 Å². The zero-order valence-corrected chi connectivity index (χ0v) is 9.69. The maximum atomic E-state index is 11.2. The van der Waals surface area contributed by atoms with Crippen molar-refractivity contribution >= 4 is 17.7 Å². The smallest absolute Gasteiger partial charge is 0.319 e. The lowest BCUT2D eigenvalue weighted by atomic mass is 10.1. The number of benzene rings is 1. The summed E-state index contributed by atoms with van der Waals surface area (Å²) >= 11 is 0. The van der Waals surface area contributed by atoms with Crippen molar-refractivity contribution < 1.29 is 14.7 Å². The Bertz CT molecular complexity index is 387. The molecule has 0 fully saturated rings. The summed E-state index contributed by atoms with van der Waals surface area (Å²) in [5.41, 5.74) is 1.63. The number of urea groups is 1. The second-order valence-corrected chi connectivity index (χ2v) is 3.58. The number of carboxylic acid groups (broad SMARTS) is 1. The molecular weight excluding hydrogens is 220 g/mol. The van der Waals surface area contributed by atoms with E-state index in [9.17, 15) is 9.59 Å². The van der Waals surface area contributed by atoms with E-state index in [0.29, 0.717) is 18.7 Å². The van der Waals surface area contributed by atoms with Crippen molar-refractivity contribution in [3.8, 4) is 0 Å².